The van der Waals surface area contributed by atoms with E-state index >= 15 is 0 Å². The third-order valence-corrected chi connectivity index (χ3v) is 2.58. The molecule has 0 spiro atoms. The van der Waals surface area contributed by atoms with E-state index in [1.165, 1.54) is 11.3 Å². The Morgan fingerprint density at radius 1 is 1.75 bits per heavy atom. The van der Waals surface area contributed by atoms with Crippen LogP contribution >= 0.6 is 11.3 Å². The van der Waals surface area contributed by atoms with Gasteiger partial charge in [-0.15, -0.1) is 11.3 Å². The first-order valence-electron chi connectivity index (χ1n) is 3.16. The number of nitrogens with zero attached hydrogens (tertiary/aromatic N) is 1. The summed E-state index contributed by atoms with van der Waals surface area (Å²) in [4.78, 5) is 4.81. The number of aromatic nitrogens is 1. The maximum absolute atomic E-state index is 10.5. The van der Waals surface area contributed by atoms with E-state index in [4.69, 9.17) is 5.14 Å². The Hall–Kier alpha value is -0.500. The van der Waals surface area contributed by atoms with E-state index in [-0.39, 0.29) is 6.54 Å². The third-order valence-electron chi connectivity index (χ3n) is 1.12. The smallest absolute Gasteiger partial charge is 0.250 e. The maximum Gasteiger partial charge on any atom is 0.274 e. The third kappa shape index (κ3) is 3.26. The molecular weight excluding hydrogens is 198 g/mol. The fraction of sp³-hybridized carbons (Fsp3) is 0.400. The summed E-state index contributed by atoms with van der Waals surface area (Å²) in [5, 5.41) is 5.64. The van der Waals surface area contributed by atoms with Gasteiger partial charge in [0.05, 0.1) is 5.01 Å². The fourth-order valence-corrected chi connectivity index (χ4v) is 1.84. The van der Waals surface area contributed by atoms with E-state index in [1.54, 1.807) is 6.20 Å². The van der Waals surface area contributed by atoms with Gasteiger partial charge in [0.2, 0.25) is 0 Å². The van der Waals surface area contributed by atoms with E-state index in [0.29, 0.717) is 0 Å². The zero-order chi connectivity index (χ0) is 9.19. The second kappa shape index (κ2) is 3.48. The van der Waals surface area contributed by atoms with Gasteiger partial charge in [0.1, 0.15) is 0 Å². The second-order valence-corrected chi connectivity index (χ2v) is 4.91. The number of aryl methyl sites for hydroxylation is 1. The van der Waals surface area contributed by atoms with Crippen LogP contribution in [0.1, 0.15) is 9.88 Å². The van der Waals surface area contributed by atoms with E-state index < -0.39 is 10.2 Å². The quantitative estimate of drug-likeness (QED) is 0.716. The monoisotopic (exact) mass is 207 g/mol. The molecule has 5 nitrogen and oxygen atoms in total. The van der Waals surface area contributed by atoms with Crippen molar-refractivity contribution < 1.29 is 8.42 Å². The van der Waals surface area contributed by atoms with Gasteiger partial charge in [0, 0.05) is 17.6 Å². The fourth-order valence-electron chi connectivity index (χ4n) is 0.659. The standard InChI is InChI=1S/C5H9N3O2S2/c1-4-7-2-5(11-4)3-8-12(6,9)10/h2,8H,3H2,1H3,(H2,6,9,10). The van der Waals surface area contributed by atoms with Crippen molar-refractivity contribution in [1.82, 2.24) is 9.71 Å². The minimum absolute atomic E-state index is 0.213. The molecule has 1 rings (SSSR count). The van der Waals surface area contributed by atoms with Gasteiger partial charge in [-0.05, 0) is 6.92 Å². The predicted octanol–water partition coefficient (Wildman–Crippen LogP) is -0.255. The van der Waals surface area contributed by atoms with Gasteiger partial charge in [0.25, 0.3) is 10.2 Å². The van der Waals surface area contributed by atoms with Crippen molar-refractivity contribution in [3.05, 3.63) is 16.1 Å². The number of hydrogen-bond acceptors (Lipinski definition) is 4. The van der Waals surface area contributed by atoms with E-state index in [9.17, 15) is 8.42 Å². The van der Waals surface area contributed by atoms with Gasteiger partial charge >= 0.3 is 0 Å². The lowest BCUT2D eigenvalue weighted by molar-refractivity contribution is 0.583. The predicted molar refractivity (Wildman–Crippen MR) is 46.8 cm³/mol. The lowest BCUT2D eigenvalue weighted by Crippen LogP contribution is -2.29. The molecule has 0 atom stereocenters. The first-order valence-corrected chi connectivity index (χ1v) is 5.52. The summed E-state index contributed by atoms with van der Waals surface area (Å²) in [6.45, 7) is 2.06. The normalized spacial score (nSPS) is 11.8. The summed E-state index contributed by atoms with van der Waals surface area (Å²) in [6, 6.07) is 0. The molecule has 0 saturated carbocycles. The zero-order valence-corrected chi connectivity index (χ0v) is 8.08. The van der Waals surface area contributed by atoms with E-state index in [0.717, 1.165) is 9.88 Å². The van der Waals surface area contributed by atoms with Crippen LogP contribution in [0.3, 0.4) is 0 Å². The molecule has 12 heavy (non-hydrogen) atoms. The first kappa shape index (κ1) is 9.59. The van der Waals surface area contributed by atoms with Crippen LogP contribution in [0, 0.1) is 6.92 Å². The number of thiazole rings is 1. The lowest BCUT2D eigenvalue weighted by atomic mass is 10.6. The maximum atomic E-state index is 10.5. The van der Waals surface area contributed by atoms with Crippen LogP contribution in [0.2, 0.25) is 0 Å². The molecule has 0 aromatic carbocycles. The van der Waals surface area contributed by atoms with Gasteiger partial charge in [-0.25, -0.2) is 10.1 Å². The van der Waals surface area contributed by atoms with Crippen molar-refractivity contribution in [2.75, 3.05) is 0 Å². The average Bonchev–Trinajstić information content (AvgIpc) is 2.30. The van der Waals surface area contributed by atoms with Crippen LogP contribution in [0.15, 0.2) is 6.20 Å². The molecule has 7 heteroatoms. The molecule has 3 N–H and O–H groups in total. The highest BCUT2D eigenvalue weighted by atomic mass is 32.2. The van der Waals surface area contributed by atoms with Crippen molar-refractivity contribution in [3.63, 3.8) is 0 Å². The molecular formula is C5H9N3O2S2. The summed E-state index contributed by atoms with van der Waals surface area (Å²) in [5.74, 6) is 0. The molecule has 68 valence electrons. The van der Waals surface area contributed by atoms with Crippen LogP contribution in [-0.2, 0) is 16.8 Å². The molecule has 0 unspecified atom stereocenters. The molecule has 1 aromatic heterocycles. The largest absolute Gasteiger partial charge is 0.274 e. The number of nitrogens with two attached hydrogens (primary N) is 1. The molecule has 0 aliphatic carbocycles. The Bertz CT molecular complexity index is 357. The first-order chi connectivity index (χ1) is 5.47. The molecule has 0 fully saturated rings. The Morgan fingerprint density at radius 3 is 2.83 bits per heavy atom. The molecule has 1 aromatic rings. The summed E-state index contributed by atoms with van der Waals surface area (Å²) < 4.78 is 23.1. The minimum Gasteiger partial charge on any atom is -0.250 e. The summed E-state index contributed by atoms with van der Waals surface area (Å²) >= 11 is 1.43. The molecule has 0 amide bonds. The number of hydrogen-bond donors (Lipinski definition) is 2. The average molecular weight is 207 g/mol. The van der Waals surface area contributed by atoms with Crippen LogP contribution in [0.25, 0.3) is 0 Å². The number of rotatable bonds is 3. The molecule has 0 bridgehead atoms. The van der Waals surface area contributed by atoms with Crippen molar-refractivity contribution >= 4 is 21.5 Å². The Kier molecular flexibility index (Phi) is 2.78. The lowest BCUT2D eigenvalue weighted by Gasteiger charge is -1.96. The highest BCUT2D eigenvalue weighted by Gasteiger charge is 2.02. The Morgan fingerprint density at radius 2 is 2.42 bits per heavy atom. The van der Waals surface area contributed by atoms with Crippen molar-refractivity contribution in [1.29, 1.82) is 0 Å². The molecule has 0 aliphatic rings. The summed E-state index contributed by atoms with van der Waals surface area (Å²) in [5.41, 5.74) is 0. The minimum atomic E-state index is -3.58. The summed E-state index contributed by atoms with van der Waals surface area (Å²) in [6.07, 6.45) is 1.62. The zero-order valence-electron chi connectivity index (χ0n) is 6.44. The Labute approximate surface area is 74.8 Å². The van der Waals surface area contributed by atoms with Crippen LogP contribution in [0.4, 0.5) is 0 Å². The van der Waals surface area contributed by atoms with Gasteiger partial charge in [0.15, 0.2) is 0 Å². The number of nitrogens with one attached hydrogen (secondary N) is 1. The van der Waals surface area contributed by atoms with Gasteiger partial charge in [-0.3, -0.25) is 0 Å². The van der Waals surface area contributed by atoms with Crippen molar-refractivity contribution in [3.8, 4) is 0 Å². The molecule has 0 radical (unpaired) electrons. The van der Waals surface area contributed by atoms with Crippen LogP contribution in [0.5, 0.6) is 0 Å². The van der Waals surface area contributed by atoms with Crippen LogP contribution < -0.4 is 9.86 Å². The van der Waals surface area contributed by atoms with Crippen molar-refractivity contribution in [2.24, 2.45) is 5.14 Å². The van der Waals surface area contributed by atoms with Crippen LogP contribution in [-0.4, -0.2) is 13.4 Å². The highest BCUT2D eigenvalue weighted by molar-refractivity contribution is 7.87. The van der Waals surface area contributed by atoms with Gasteiger partial charge < -0.3 is 0 Å². The molecule has 1 heterocycles. The van der Waals surface area contributed by atoms with Gasteiger partial charge in [-0.2, -0.15) is 13.1 Å². The van der Waals surface area contributed by atoms with E-state index in [1.807, 2.05) is 6.92 Å². The highest BCUT2D eigenvalue weighted by Crippen LogP contribution is 2.10. The Balaban J connectivity index is 2.55. The topological polar surface area (TPSA) is 85.1 Å². The SMILES string of the molecule is Cc1ncc(CNS(N)(=O)=O)s1. The van der Waals surface area contributed by atoms with E-state index in [2.05, 4.69) is 9.71 Å². The van der Waals surface area contributed by atoms with Gasteiger partial charge in [-0.1, -0.05) is 0 Å². The summed E-state index contributed by atoms with van der Waals surface area (Å²) in [7, 11) is -3.58. The van der Waals surface area contributed by atoms with Crippen molar-refractivity contribution in [2.45, 2.75) is 13.5 Å². The second-order valence-electron chi connectivity index (χ2n) is 2.21. The molecule has 0 aliphatic heterocycles. The molecule has 0 saturated heterocycles.